The van der Waals surface area contributed by atoms with E-state index in [1.807, 2.05) is 12.1 Å². The fraction of sp³-hybridized carbons (Fsp3) is 0.375. The predicted molar refractivity (Wildman–Crippen MR) is 75.1 cm³/mol. The van der Waals surface area contributed by atoms with Crippen molar-refractivity contribution < 1.29 is 19.1 Å². The first kappa shape index (κ1) is 14.3. The van der Waals surface area contributed by atoms with E-state index in [1.165, 1.54) is 6.92 Å². The summed E-state index contributed by atoms with van der Waals surface area (Å²) in [7, 11) is 0. The molecule has 0 saturated carbocycles. The Morgan fingerprint density at radius 3 is 2.60 bits per heavy atom. The number of benzene rings is 1. The third-order valence-corrected chi connectivity index (χ3v) is 3.15. The molecule has 0 saturated heterocycles. The molecule has 0 radical (unpaired) electrons. The zero-order valence-electron chi connectivity index (χ0n) is 11.7. The van der Waals surface area contributed by atoms with Crippen molar-refractivity contribution in [1.82, 2.24) is 0 Å². The second-order valence-corrected chi connectivity index (χ2v) is 4.79. The number of hydrogen-bond acceptors (Lipinski definition) is 4. The summed E-state index contributed by atoms with van der Waals surface area (Å²) in [6.45, 7) is 3.47. The quantitative estimate of drug-likeness (QED) is 0.611. The van der Waals surface area contributed by atoms with Crippen LogP contribution in [0.2, 0.25) is 0 Å². The first-order chi connectivity index (χ1) is 9.60. The molecule has 20 heavy (non-hydrogen) atoms. The monoisotopic (exact) mass is 274 g/mol. The Kier molecular flexibility index (Phi) is 4.56. The van der Waals surface area contributed by atoms with Gasteiger partial charge in [-0.05, 0) is 30.5 Å². The largest absolute Gasteiger partial charge is 0.454 e. The Labute approximate surface area is 118 Å². The van der Waals surface area contributed by atoms with E-state index in [-0.39, 0.29) is 18.0 Å². The van der Waals surface area contributed by atoms with E-state index >= 15 is 0 Å². The third kappa shape index (κ3) is 3.47. The number of ether oxygens (including phenoxy) is 2. The second-order valence-electron chi connectivity index (χ2n) is 4.79. The summed E-state index contributed by atoms with van der Waals surface area (Å²) in [5, 5.41) is 0. The van der Waals surface area contributed by atoms with Gasteiger partial charge in [0.25, 0.3) is 0 Å². The van der Waals surface area contributed by atoms with Crippen LogP contribution in [0.5, 0.6) is 5.75 Å². The van der Waals surface area contributed by atoms with Crippen molar-refractivity contribution in [2.45, 2.75) is 39.2 Å². The van der Waals surface area contributed by atoms with Gasteiger partial charge in [0.2, 0.25) is 0 Å². The van der Waals surface area contributed by atoms with E-state index in [9.17, 15) is 9.59 Å². The fourth-order valence-corrected chi connectivity index (χ4v) is 2.21. The van der Waals surface area contributed by atoms with Gasteiger partial charge in [-0.15, -0.1) is 0 Å². The Balaban J connectivity index is 2.14. The minimum atomic E-state index is -0.350. The Morgan fingerprint density at radius 2 is 2.00 bits per heavy atom. The Morgan fingerprint density at radius 1 is 1.30 bits per heavy atom. The smallest absolute Gasteiger partial charge is 0.331 e. The van der Waals surface area contributed by atoms with E-state index in [1.54, 1.807) is 18.2 Å². The average molecular weight is 274 g/mol. The molecule has 1 aromatic carbocycles. The highest BCUT2D eigenvalue weighted by Gasteiger charge is 2.26. The molecule has 0 amide bonds. The minimum absolute atomic E-state index is 0.165. The lowest BCUT2D eigenvalue weighted by Crippen LogP contribution is -2.11. The van der Waals surface area contributed by atoms with Crippen LogP contribution in [-0.4, -0.2) is 18.0 Å². The first-order valence-electron chi connectivity index (χ1n) is 6.81. The van der Waals surface area contributed by atoms with Gasteiger partial charge in [0.1, 0.15) is 11.9 Å². The molecule has 1 aliphatic rings. The van der Waals surface area contributed by atoms with Crippen molar-refractivity contribution in [3.8, 4) is 5.75 Å². The normalized spacial score (nSPS) is 17.6. The lowest BCUT2D eigenvalue weighted by Gasteiger charge is -2.14. The molecule has 0 spiro atoms. The number of carbonyl (C=O) groups excluding carboxylic acids is 2. The SMILES string of the molecule is CCCCC1OC(=O)C=C1c1ccc(OC(C)=O)cc1. The molecular weight excluding hydrogens is 256 g/mol. The van der Waals surface area contributed by atoms with Crippen molar-refractivity contribution in [1.29, 1.82) is 0 Å². The molecule has 0 aliphatic carbocycles. The van der Waals surface area contributed by atoms with Gasteiger partial charge in [-0.1, -0.05) is 25.5 Å². The number of unbranched alkanes of at least 4 members (excludes halogenated alkanes) is 1. The van der Waals surface area contributed by atoms with Gasteiger partial charge in [-0.3, -0.25) is 4.79 Å². The molecule has 1 aliphatic heterocycles. The average Bonchev–Trinajstić information content (AvgIpc) is 2.78. The molecule has 2 rings (SSSR count). The molecule has 1 atom stereocenters. The van der Waals surface area contributed by atoms with Gasteiger partial charge in [0, 0.05) is 18.6 Å². The molecule has 0 bridgehead atoms. The standard InChI is InChI=1S/C16H18O4/c1-3-4-5-15-14(10-16(18)20-15)12-6-8-13(9-7-12)19-11(2)17/h6-10,15H,3-5H2,1-2H3. The fourth-order valence-electron chi connectivity index (χ4n) is 2.21. The second kappa shape index (κ2) is 6.37. The Bertz CT molecular complexity index is 528. The molecule has 1 unspecified atom stereocenters. The van der Waals surface area contributed by atoms with Gasteiger partial charge in [0.05, 0.1) is 0 Å². The molecule has 4 heteroatoms. The lowest BCUT2D eigenvalue weighted by molar-refractivity contribution is -0.138. The maximum absolute atomic E-state index is 11.4. The topological polar surface area (TPSA) is 52.6 Å². The summed E-state index contributed by atoms with van der Waals surface area (Å²) in [4.78, 5) is 22.3. The number of rotatable bonds is 5. The van der Waals surface area contributed by atoms with E-state index in [0.29, 0.717) is 5.75 Å². The summed E-state index contributed by atoms with van der Waals surface area (Å²) in [5.41, 5.74) is 1.82. The van der Waals surface area contributed by atoms with E-state index in [0.717, 1.165) is 30.4 Å². The van der Waals surface area contributed by atoms with Gasteiger partial charge < -0.3 is 9.47 Å². The highest BCUT2D eigenvalue weighted by molar-refractivity contribution is 5.97. The third-order valence-electron chi connectivity index (χ3n) is 3.15. The van der Waals surface area contributed by atoms with Crippen LogP contribution >= 0.6 is 0 Å². The zero-order chi connectivity index (χ0) is 14.5. The van der Waals surface area contributed by atoms with Gasteiger partial charge in [-0.25, -0.2) is 4.79 Å². The van der Waals surface area contributed by atoms with Crippen LogP contribution in [0, 0.1) is 0 Å². The van der Waals surface area contributed by atoms with Crippen molar-refractivity contribution in [2.24, 2.45) is 0 Å². The molecule has 4 nitrogen and oxygen atoms in total. The van der Waals surface area contributed by atoms with Crippen LogP contribution in [0.1, 0.15) is 38.7 Å². The summed E-state index contributed by atoms with van der Waals surface area (Å²) < 4.78 is 10.3. The van der Waals surface area contributed by atoms with Crippen LogP contribution in [0.15, 0.2) is 30.3 Å². The molecule has 106 valence electrons. The summed E-state index contributed by atoms with van der Waals surface area (Å²) in [5.74, 6) is -0.139. The van der Waals surface area contributed by atoms with Crippen molar-refractivity contribution in [3.05, 3.63) is 35.9 Å². The van der Waals surface area contributed by atoms with Gasteiger partial charge in [-0.2, -0.15) is 0 Å². The van der Waals surface area contributed by atoms with Crippen LogP contribution in [0.4, 0.5) is 0 Å². The van der Waals surface area contributed by atoms with E-state index in [4.69, 9.17) is 9.47 Å². The van der Waals surface area contributed by atoms with E-state index in [2.05, 4.69) is 6.92 Å². The zero-order valence-corrected chi connectivity index (χ0v) is 11.7. The van der Waals surface area contributed by atoms with Crippen molar-refractivity contribution in [3.63, 3.8) is 0 Å². The number of carbonyl (C=O) groups is 2. The highest BCUT2D eigenvalue weighted by Crippen LogP contribution is 2.30. The minimum Gasteiger partial charge on any atom is -0.454 e. The molecule has 1 aromatic rings. The first-order valence-corrected chi connectivity index (χ1v) is 6.81. The number of hydrogen-bond donors (Lipinski definition) is 0. The van der Waals surface area contributed by atoms with Crippen LogP contribution < -0.4 is 4.74 Å². The van der Waals surface area contributed by atoms with Gasteiger partial charge in [0.15, 0.2) is 0 Å². The molecule has 0 N–H and O–H groups in total. The van der Waals surface area contributed by atoms with Crippen molar-refractivity contribution >= 4 is 17.5 Å². The number of esters is 2. The maximum atomic E-state index is 11.4. The maximum Gasteiger partial charge on any atom is 0.331 e. The lowest BCUT2D eigenvalue weighted by atomic mass is 9.98. The summed E-state index contributed by atoms with van der Waals surface area (Å²) in [6, 6.07) is 7.12. The molecule has 0 fully saturated rings. The molecule has 1 heterocycles. The Hall–Kier alpha value is -2.10. The van der Waals surface area contributed by atoms with Crippen LogP contribution in [-0.2, 0) is 14.3 Å². The summed E-state index contributed by atoms with van der Waals surface area (Å²) >= 11 is 0. The molecule has 0 aromatic heterocycles. The highest BCUT2D eigenvalue weighted by atomic mass is 16.5. The predicted octanol–water partition coefficient (Wildman–Crippen LogP) is 3.11. The van der Waals surface area contributed by atoms with Crippen LogP contribution in [0.25, 0.3) is 5.57 Å². The van der Waals surface area contributed by atoms with Crippen LogP contribution in [0.3, 0.4) is 0 Å². The van der Waals surface area contributed by atoms with Crippen molar-refractivity contribution in [2.75, 3.05) is 0 Å². The summed E-state index contributed by atoms with van der Waals surface area (Å²) in [6.07, 6.45) is 4.29. The van der Waals surface area contributed by atoms with Gasteiger partial charge >= 0.3 is 11.9 Å². The molecular formula is C16H18O4. The van der Waals surface area contributed by atoms with E-state index < -0.39 is 0 Å². The number of cyclic esters (lactones) is 1.